The number of amides is 2. The smallest absolute Gasteiger partial charge is 0.242 e. The van der Waals surface area contributed by atoms with Crippen LogP contribution in [0.25, 0.3) is 0 Å². The van der Waals surface area contributed by atoms with Crippen LogP contribution in [-0.4, -0.2) is 58.9 Å². The van der Waals surface area contributed by atoms with Crippen molar-refractivity contribution in [2.45, 2.75) is 38.6 Å². The first-order chi connectivity index (χ1) is 13.0. The fraction of sp³-hybridized carbons (Fsp3) is 0.526. The summed E-state index contributed by atoms with van der Waals surface area (Å²) in [7, 11) is 0. The van der Waals surface area contributed by atoms with Crippen LogP contribution >= 0.6 is 0 Å². The van der Waals surface area contributed by atoms with Crippen molar-refractivity contribution in [3.63, 3.8) is 0 Å². The Bertz CT molecular complexity index is 759. The number of anilines is 1. The van der Waals surface area contributed by atoms with Crippen LogP contribution in [0.2, 0.25) is 0 Å². The van der Waals surface area contributed by atoms with E-state index in [1.54, 1.807) is 17.0 Å². The lowest BCUT2D eigenvalue weighted by Gasteiger charge is -2.24. The summed E-state index contributed by atoms with van der Waals surface area (Å²) < 4.78 is 0. The zero-order valence-corrected chi connectivity index (χ0v) is 15.5. The van der Waals surface area contributed by atoms with E-state index in [0.717, 1.165) is 6.42 Å². The molecule has 1 aromatic heterocycles. The number of carbonyl (C=O) groups is 3. The van der Waals surface area contributed by atoms with Gasteiger partial charge in [-0.3, -0.25) is 19.8 Å². The number of nitrogens with zero attached hydrogens (tertiary/aromatic N) is 2. The zero-order chi connectivity index (χ0) is 19.4. The van der Waals surface area contributed by atoms with Crippen molar-refractivity contribution in [2.75, 3.05) is 25.0 Å². The highest BCUT2D eigenvalue weighted by Crippen LogP contribution is 2.28. The molecule has 8 heteroatoms. The summed E-state index contributed by atoms with van der Waals surface area (Å²) in [6, 6.07) is 2.84. The second kappa shape index (κ2) is 8.28. The molecule has 1 aliphatic carbocycles. The molecule has 1 aromatic rings. The predicted octanol–water partition coefficient (Wildman–Crippen LogP) is 0.968. The van der Waals surface area contributed by atoms with Gasteiger partial charge in [-0.2, -0.15) is 0 Å². The van der Waals surface area contributed by atoms with Crippen molar-refractivity contribution in [1.82, 2.24) is 15.2 Å². The van der Waals surface area contributed by atoms with Crippen LogP contribution in [-0.2, 0) is 14.4 Å². The Balaban J connectivity index is 1.59. The summed E-state index contributed by atoms with van der Waals surface area (Å²) in [5, 5.41) is 13.7. The molecule has 3 N–H and O–H groups in total. The van der Waals surface area contributed by atoms with Gasteiger partial charge in [0.25, 0.3) is 0 Å². The lowest BCUT2D eigenvalue weighted by molar-refractivity contribution is -0.137. The quantitative estimate of drug-likeness (QED) is 0.589. The van der Waals surface area contributed by atoms with Gasteiger partial charge in [0.2, 0.25) is 11.8 Å². The Morgan fingerprint density at radius 3 is 2.78 bits per heavy atom. The summed E-state index contributed by atoms with van der Waals surface area (Å²) in [5.74, 6) is 0.277. The van der Waals surface area contributed by atoms with Gasteiger partial charge in [-0.1, -0.05) is 0 Å². The second-order valence-corrected chi connectivity index (χ2v) is 7.12. The van der Waals surface area contributed by atoms with Gasteiger partial charge >= 0.3 is 0 Å². The number of hydrogen-bond donors (Lipinski definition) is 3. The van der Waals surface area contributed by atoms with Crippen molar-refractivity contribution in [1.29, 1.82) is 5.41 Å². The van der Waals surface area contributed by atoms with Gasteiger partial charge in [-0.25, -0.2) is 4.98 Å². The van der Waals surface area contributed by atoms with Gasteiger partial charge in [0.15, 0.2) is 5.78 Å². The van der Waals surface area contributed by atoms with Gasteiger partial charge in [0.1, 0.15) is 17.6 Å². The average Bonchev–Trinajstić information content (AvgIpc) is 3.37. The van der Waals surface area contributed by atoms with E-state index in [1.807, 2.05) is 0 Å². The fourth-order valence-electron chi connectivity index (χ4n) is 3.22. The van der Waals surface area contributed by atoms with E-state index in [-0.39, 0.29) is 29.9 Å². The van der Waals surface area contributed by atoms with Crippen LogP contribution < -0.4 is 10.6 Å². The monoisotopic (exact) mass is 371 g/mol. The zero-order valence-electron chi connectivity index (χ0n) is 15.5. The Hall–Kier alpha value is -2.77. The van der Waals surface area contributed by atoms with Gasteiger partial charge < -0.3 is 15.5 Å². The number of ketones is 1. The highest BCUT2D eigenvalue weighted by molar-refractivity contribution is 6.45. The number of aromatic nitrogens is 1. The minimum atomic E-state index is -0.420. The highest BCUT2D eigenvalue weighted by atomic mass is 16.2. The normalized spacial score (nSPS) is 18.9. The summed E-state index contributed by atoms with van der Waals surface area (Å²) in [6.45, 7) is 2.53. The number of pyridine rings is 1. The molecule has 27 heavy (non-hydrogen) atoms. The van der Waals surface area contributed by atoms with Crippen LogP contribution in [0.15, 0.2) is 18.3 Å². The van der Waals surface area contributed by atoms with Crippen molar-refractivity contribution in [3.8, 4) is 0 Å². The van der Waals surface area contributed by atoms with Gasteiger partial charge in [0.05, 0.1) is 6.54 Å². The SMILES string of the molecule is CC(=O)C(=N)c1cccnc1NCC(=O)N1CCCC1C(=O)NCC1CC1. The Labute approximate surface area is 158 Å². The Morgan fingerprint density at radius 2 is 2.07 bits per heavy atom. The molecule has 2 heterocycles. The van der Waals surface area contributed by atoms with E-state index in [0.29, 0.717) is 36.8 Å². The number of nitrogens with one attached hydrogen (secondary N) is 3. The first-order valence-corrected chi connectivity index (χ1v) is 9.33. The largest absolute Gasteiger partial charge is 0.360 e. The number of carbonyl (C=O) groups excluding carboxylic acids is 3. The molecule has 0 aromatic carbocycles. The lowest BCUT2D eigenvalue weighted by atomic mass is 10.1. The van der Waals surface area contributed by atoms with E-state index in [4.69, 9.17) is 5.41 Å². The average molecular weight is 371 g/mol. The first-order valence-electron chi connectivity index (χ1n) is 9.33. The molecular weight excluding hydrogens is 346 g/mol. The van der Waals surface area contributed by atoms with Crippen molar-refractivity contribution >= 4 is 29.1 Å². The summed E-state index contributed by atoms with van der Waals surface area (Å²) in [6.07, 6.45) is 5.34. The van der Waals surface area contributed by atoms with E-state index >= 15 is 0 Å². The first kappa shape index (κ1) is 19.0. The molecular formula is C19H25N5O3. The molecule has 1 saturated heterocycles. The molecule has 1 aliphatic heterocycles. The van der Waals surface area contributed by atoms with Crippen molar-refractivity contribution in [3.05, 3.63) is 23.9 Å². The Morgan fingerprint density at radius 1 is 1.30 bits per heavy atom. The third-order valence-electron chi connectivity index (χ3n) is 4.97. The molecule has 8 nitrogen and oxygen atoms in total. The standard InChI is InChI=1S/C19H25N5O3/c1-12(25)17(20)14-4-2-8-21-18(14)22-11-16(26)24-9-3-5-15(24)19(27)23-10-13-6-7-13/h2,4,8,13,15,20H,3,5-7,9-11H2,1H3,(H,21,22)(H,23,27). The summed E-state index contributed by atoms with van der Waals surface area (Å²) in [5.41, 5.74) is 0.203. The molecule has 1 atom stereocenters. The number of likely N-dealkylation sites (tertiary alicyclic amines) is 1. The summed E-state index contributed by atoms with van der Waals surface area (Å²) in [4.78, 5) is 42.2. The van der Waals surface area contributed by atoms with E-state index in [2.05, 4.69) is 15.6 Å². The molecule has 0 radical (unpaired) electrons. The topological polar surface area (TPSA) is 115 Å². The molecule has 0 spiro atoms. The van der Waals surface area contributed by atoms with Crippen molar-refractivity contribution in [2.24, 2.45) is 5.92 Å². The third-order valence-corrected chi connectivity index (χ3v) is 4.97. The molecule has 3 rings (SSSR count). The number of rotatable bonds is 8. The molecule has 2 amide bonds. The van der Waals surface area contributed by atoms with Gasteiger partial charge in [-0.15, -0.1) is 0 Å². The molecule has 1 saturated carbocycles. The van der Waals surface area contributed by atoms with Gasteiger partial charge in [0, 0.05) is 31.8 Å². The van der Waals surface area contributed by atoms with E-state index in [1.165, 1.54) is 26.0 Å². The predicted molar refractivity (Wildman–Crippen MR) is 101 cm³/mol. The molecule has 2 fully saturated rings. The lowest BCUT2D eigenvalue weighted by Crippen LogP contribution is -2.48. The maximum absolute atomic E-state index is 12.6. The van der Waals surface area contributed by atoms with Crippen LogP contribution in [0.4, 0.5) is 5.82 Å². The second-order valence-electron chi connectivity index (χ2n) is 7.12. The van der Waals surface area contributed by atoms with Crippen LogP contribution in [0, 0.1) is 11.3 Å². The van der Waals surface area contributed by atoms with Crippen LogP contribution in [0.5, 0.6) is 0 Å². The number of Topliss-reactive ketones (excluding diaryl/α,β-unsaturated/α-hetero) is 1. The van der Waals surface area contributed by atoms with Gasteiger partial charge in [-0.05, 0) is 43.7 Å². The molecule has 144 valence electrons. The molecule has 0 bridgehead atoms. The summed E-state index contributed by atoms with van der Waals surface area (Å²) >= 11 is 0. The van der Waals surface area contributed by atoms with Crippen LogP contribution in [0.1, 0.15) is 38.2 Å². The van der Waals surface area contributed by atoms with E-state index in [9.17, 15) is 14.4 Å². The highest BCUT2D eigenvalue weighted by Gasteiger charge is 2.34. The molecule has 1 unspecified atom stereocenters. The Kier molecular flexibility index (Phi) is 5.83. The molecule has 2 aliphatic rings. The maximum atomic E-state index is 12.6. The maximum Gasteiger partial charge on any atom is 0.242 e. The van der Waals surface area contributed by atoms with Crippen LogP contribution in [0.3, 0.4) is 0 Å². The number of hydrogen-bond acceptors (Lipinski definition) is 6. The van der Waals surface area contributed by atoms with E-state index < -0.39 is 6.04 Å². The fourth-order valence-corrected chi connectivity index (χ4v) is 3.22. The van der Waals surface area contributed by atoms with Crippen molar-refractivity contribution < 1.29 is 14.4 Å². The third kappa shape index (κ3) is 4.69. The minimum Gasteiger partial charge on any atom is -0.360 e. The minimum absolute atomic E-state index is 0.0401.